The second-order valence-corrected chi connectivity index (χ2v) is 4.73. The van der Waals surface area contributed by atoms with Crippen LogP contribution < -0.4 is 0 Å². The summed E-state index contributed by atoms with van der Waals surface area (Å²) >= 11 is 1.71. The highest BCUT2D eigenvalue weighted by atomic mass is 32.1. The van der Waals surface area contributed by atoms with Crippen molar-refractivity contribution < 1.29 is 8.85 Å². The third-order valence-electron chi connectivity index (χ3n) is 1.09. The molecule has 0 saturated carbocycles. The number of thiophene rings is 1. The highest BCUT2D eigenvalue weighted by Gasteiger charge is 1.94. The van der Waals surface area contributed by atoms with Crippen molar-refractivity contribution in [1.29, 1.82) is 0 Å². The second-order valence-electron chi connectivity index (χ2n) is 1.83. The molecule has 0 bridgehead atoms. The van der Waals surface area contributed by atoms with Crippen LogP contribution >= 0.6 is 11.3 Å². The molecule has 1 rings (SSSR count). The Morgan fingerprint density at radius 3 is 1.64 bits per heavy atom. The van der Waals surface area contributed by atoms with Crippen LogP contribution in [-0.4, -0.2) is 23.5 Å². The second kappa shape index (κ2) is 7.94. The van der Waals surface area contributed by atoms with Crippen molar-refractivity contribution in [3.8, 4) is 0 Å². The molecule has 0 fully saturated rings. The highest BCUT2D eigenvalue weighted by molar-refractivity contribution is 7.07. The molecule has 1 aromatic rings. The van der Waals surface area contributed by atoms with Gasteiger partial charge in [0.15, 0.2) is 0 Å². The van der Waals surface area contributed by atoms with Crippen LogP contribution in [0.15, 0.2) is 22.9 Å². The van der Waals surface area contributed by atoms with E-state index in [1.807, 2.05) is 29.4 Å². The zero-order valence-corrected chi connectivity index (χ0v) is 9.08. The quantitative estimate of drug-likeness (QED) is 0.663. The van der Waals surface area contributed by atoms with E-state index in [2.05, 4.69) is 0 Å². The molecule has 0 saturated heterocycles. The molecule has 1 heterocycles. The number of rotatable bonds is 2. The van der Waals surface area contributed by atoms with Crippen molar-refractivity contribution >= 4 is 20.6 Å². The van der Waals surface area contributed by atoms with E-state index in [4.69, 9.17) is 8.85 Å². The molecule has 0 aromatic carbocycles. The minimum absolute atomic E-state index is 1.16. The Kier molecular flexibility index (Phi) is 7.82. The van der Waals surface area contributed by atoms with Gasteiger partial charge in [-0.15, -0.1) is 0 Å². The fourth-order valence-corrected chi connectivity index (χ4v) is 0.969. The van der Waals surface area contributed by atoms with Crippen molar-refractivity contribution in [3.05, 3.63) is 22.9 Å². The van der Waals surface area contributed by atoms with Crippen LogP contribution in [0.2, 0.25) is 6.55 Å². The van der Waals surface area contributed by atoms with E-state index in [9.17, 15) is 0 Å². The fraction of sp³-hybridized carbons (Fsp3) is 0.429. The minimum atomic E-state index is -1.16. The SMILES string of the molecule is CO[SiH](C)OC.c1ccsc1. The maximum Gasteiger partial charge on any atom is 0.317 e. The van der Waals surface area contributed by atoms with Gasteiger partial charge in [-0.3, -0.25) is 0 Å². The van der Waals surface area contributed by atoms with Crippen LogP contribution in [0.3, 0.4) is 0 Å². The standard InChI is InChI=1S/C4H4S.C3H10O2Si/c1-2-4-5-3-1;1-4-6(3)5-2/h1-4H;6H,1-3H3. The van der Waals surface area contributed by atoms with E-state index >= 15 is 0 Å². The van der Waals surface area contributed by atoms with Gasteiger partial charge < -0.3 is 8.85 Å². The van der Waals surface area contributed by atoms with Crippen molar-refractivity contribution in [3.63, 3.8) is 0 Å². The lowest BCUT2D eigenvalue weighted by Gasteiger charge is -2.00. The number of hydrogen-bond donors (Lipinski definition) is 0. The monoisotopic (exact) mass is 190 g/mol. The Morgan fingerprint density at radius 1 is 1.09 bits per heavy atom. The van der Waals surface area contributed by atoms with Gasteiger partial charge in [0, 0.05) is 14.2 Å². The van der Waals surface area contributed by atoms with Crippen LogP contribution in [0.1, 0.15) is 0 Å². The lowest BCUT2D eigenvalue weighted by Crippen LogP contribution is -2.12. The van der Waals surface area contributed by atoms with E-state index in [0.29, 0.717) is 0 Å². The molecule has 0 unspecified atom stereocenters. The maximum absolute atomic E-state index is 4.82. The van der Waals surface area contributed by atoms with E-state index in [-0.39, 0.29) is 0 Å². The number of hydrogen-bond acceptors (Lipinski definition) is 3. The maximum atomic E-state index is 4.82. The molecule has 11 heavy (non-hydrogen) atoms. The van der Waals surface area contributed by atoms with Crippen LogP contribution in [0, 0.1) is 0 Å². The molecular formula is C7H14O2SSi. The third kappa shape index (κ3) is 7.74. The third-order valence-corrected chi connectivity index (χ3v) is 3.05. The van der Waals surface area contributed by atoms with Crippen molar-refractivity contribution in [2.24, 2.45) is 0 Å². The summed E-state index contributed by atoms with van der Waals surface area (Å²) in [5.74, 6) is 0. The summed E-state index contributed by atoms with van der Waals surface area (Å²) in [4.78, 5) is 0. The lowest BCUT2D eigenvalue weighted by molar-refractivity contribution is 0.285. The summed E-state index contributed by atoms with van der Waals surface area (Å²) in [7, 11) is 2.17. The Bertz CT molecular complexity index is 123. The molecule has 0 radical (unpaired) electrons. The molecule has 2 nitrogen and oxygen atoms in total. The van der Waals surface area contributed by atoms with Crippen LogP contribution in [0.4, 0.5) is 0 Å². The van der Waals surface area contributed by atoms with Crippen LogP contribution in [0.5, 0.6) is 0 Å². The predicted octanol–water partition coefficient (Wildman–Crippen LogP) is 1.88. The summed E-state index contributed by atoms with van der Waals surface area (Å²) in [6.45, 7) is 1.97. The van der Waals surface area contributed by atoms with Crippen molar-refractivity contribution in [1.82, 2.24) is 0 Å². The molecule has 0 aliphatic carbocycles. The topological polar surface area (TPSA) is 18.5 Å². The van der Waals surface area contributed by atoms with Gasteiger partial charge in [0.05, 0.1) is 0 Å². The van der Waals surface area contributed by atoms with E-state index in [1.165, 1.54) is 0 Å². The van der Waals surface area contributed by atoms with E-state index in [1.54, 1.807) is 25.6 Å². The van der Waals surface area contributed by atoms with Gasteiger partial charge in [0.25, 0.3) is 0 Å². The molecule has 0 spiro atoms. The summed E-state index contributed by atoms with van der Waals surface area (Å²) in [6, 6.07) is 4.04. The molecule has 0 aliphatic rings. The van der Waals surface area contributed by atoms with Crippen LogP contribution in [0.25, 0.3) is 0 Å². The molecular weight excluding hydrogens is 176 g/mol. The van der Waals surface area contributed by atoms with Gasteiger partial charge in [-0.1, -0.05) is 12.1 Å². The zero-order valence-electron chi connectivity index (χ0n) is 7.11. The van der Waals surface area contributed by atoms with E-state index in [0.717, 1.165) is 0 Å². The molecule has 1 aromatic heterocycles. The van der Waals surface area contributed by atoms with Gasteiger partial charge >= 0.3 is 9.28 Å². The largest absolute Gasteiger partial charge is 0.400 e. The van der Waals surface area contributed by atoms with Crippen LogP contribution in [-0.2, 0) is 8.85 Å². The average molecular weight is 190 g/mol. The van der Waals surface area contributed by atoms with E-state index < -0.39 is 9.28 Å². The summed E-state index contributed by atoms with van der Waals surface area (Å²) < 4.78 is 9.63. The first kappa shape index (κ1) is 10.8. The minimum Gasteiger partial charge on any atom is -0.400 e. The smallest absolute Gasteiger partial charge is 0.317 e. The molecule has 4 heteroatoms. The predicted molar refractivity (Wildman–Crippen MR) is 51.4 cm³/mol. The molecule has 0 amide bonds. The van der Waals surface area contributed by atoms with Crippen molar-refractivity contribution in [2.45, 2.75) is 6.55 Å². The molecule has 0 aliphatic heterocycles. The Labute approximate surface area is 73.6 Å². The molecule has 64 valence electrons. The highest BCUT2D eigenvalue weighted by Crippen LogP contribution is 1.91. The normalized spacial score (nSPS) is 9.09. The van der Waals surface area contributed by atoms with Gasteiger partial charge in [-0.25, -0.2) is 0 Å². The van der Waals surface area contributed by atoms with Gasteiger partial charge in [0.2, 0.25) is 0 Å². The van der Waals surface area contributed by atoms with Crippen molar-refractivity contribution in [2.75, 3.05) is 14.2 Å². The lowest BCUT2D eigenvalue weighted by atomic mass is 10.7. The Balaban J connectivity index is 0.000000183. The first-order valence-electron chi connectivity index (χ1n) is 3.34. The fourth-order valence-electron chi connectivity index (χ4n) is 0.323. The zero-order chi connectivity index (χ0) is 8.53. The summed E-state index contributed by atoms with van der Waals surface area (Å²) in [5.41, 5.74) is 0. The van der Waals surface area contributed by atoms with Gasteiger partial charge in [0.1, 0.15) is 0 Å². The Morgan fingerprint density at radius 2 is 1.55 bits per heavy atom. The first-order chi connectivity index (χ1) is 5.31. The molecule has 0 atom stereocenters. The average Bonchev–Trinajstić information content (AvgIpc) is 2.60. The Hall–Kier alpha value is -0.163. The van der Waals surface area contributed by atoms with Gasteiger partial charge in [-0.05, 0) is 17.3 Å². The summed E-state index contributed by atoms with van der Waals surface area (Å²) in [5, 5.41) is 4.08. The molecule has 0 N–H and O–H groups in total. The van der Waals surface area contributed by atoms with Gasteiger partial charge in [-0.2, -0.15) is 11.3 Å². The first-order valence-corrected chi connectivity index (χ1v) is 6.38. The summed E-state index contributed by atoms with van der Waals surface area (Å²) in [6.07, 6.45) is 0.